The average Bonchev–Trinajstić information content (AvgIpc) is 3.95. The van der Waals surface area contributed by atoms with Crippen LogP contribution in [0, 0.1) is 0 Å². The molecule has 0 saturated carbocycles. The Morgan fingerprint density at radius 2 is 1.18 bits per heavy atom. The summed E-state index contributed by atoms with van der Waals surface area (Å²) in [7, 11) is 0. The standard InChI is InChI=1S/C33H46N10O13/c34-24(45)7-5-17-27(50)41-21(14-44)29(52)38-18(6-8-25(46)47)32(55)42-9-1-4-23(42)31(54)40-20(11-16-13-35-15-36-16)33(56)43-10-2-3-22(43)30(53)39-19(12-26(48)49)28(51)37-17/h13,15,17-23,44H,1-12,14H2,(H2,34,45)(H,35,36)(H,37,51)(H,38,52)(H,39,53)(H,40,54)(H,41,50)(H,46,47)(H,48,49)/t17-,18-,19-,20-,21-,22+,23+/m1/s1. The lowest BCUT2D eigenvalue weighted by atomic mass is 10.1. The van der Waals surface area contributed by atoms with E-state index in [4.69, 9.17) is 5.73 Å². The number of aliphatic hydroxyl groups excluding tert-OH is 1. The molecule has 3 fully saturated rings. The number of carboxylic acids is 2. The summed E-state index contributed by atoms with van der Waals surface area (Å²) in [6, 6.07) is -10.6. The highest BCUT2D eigenvalue weighted by Crippen LogP contribution is 2.23. The van der Waals surface area contributed by atoms with Gasteiger partial charge in [-0.2, -0.15) is 0 Å². The zero-order valence-corrected chi connectivity index (χ0v) is 30.2. The van der Waals surface area contributed by atoms with Gasteiger partial charge in [-0.15, -0.1) is 0 Å². The predicted octanol–water partition coefficient (Wildman–Crippen LogP) is -5.03. The van der Waals surface area contributed by atoms with Gasteiger partial charge in [-0.25, -0.2) is 4.98 Å². The normalized spacial score (nSPS) is 27.2. The number of nitrogens with zero attached hydrogens (tertiary/aromatic N) is 3. The minimum atomic E-state index is -1.82. The van der Waals surface area contributed by atoms with Crippen molar-refractivity contribution >= 4 is 59.2 Å². The first kappa shape index (κ1) is 42.6. The van der Waals surface area contributed by atoms with Crippen molar-refractivity contribution < 1.29 is 63.3 Å². The van der Waals surface area contributed by atoms with Gasteiger partial charge >= 0.3 is 11.9 Å². The zero-order valence-electron chi connectivity index (χ0n) is 30.2. The largest absolute Gasteiger partial charge is 0.481 e. The van der Waals surface area contributed by atoms with Crippen molar-refractivity contribution in [3.8, 4) is 0 Å². The van der Waals surface area contributed by atoms with Crippen LogP contribution in [0.1, 0.15) is 63.5 Å². The molecule has 1 aromatic heterocycles. The molecule has 0 spiro atoms. The first-order valence-corrected chi connectivity index (χ1v) is 18.0. The maximum absolute atomic E-state index is 14.2. The highest BCUT2D eigenvalue weighted by Gasteiger charge is 2.43. The second-order valence-electron chi connectivity index (χ2n) is 13.7. The van der Waals surface area contributed by atoms with Crippen molar-refractivity contribution in [1.82, 2.24) is 46.4 Å². The molecular weight excluding hydrogens is 744 g/mol. The molecule has 3 saturated heterocycles. The van der Waals surface area contributed by atoms with Crippen LogP contribution in [0.3, 0.4) is 0 Å². The number of amides is 8. The molecule has 11 N–H and O–H groups in total. The van der Waals surface area contributed by atoms with Gasteiger partial charge in [0, 0.05) is 44.2 Å². The molecule has 8 amide bonds. The number of hydrogen-bond donors (Lipinski definition) is 10. The lowest BCUT2D eigenvalue weighted by Gasteiger charge is -2.32. The van der Waals surface area contributed by atoms with E-state index in [0.29, 0.717) is 18.5 Å². The topological polar surface area (TPSA) is 353 Å². The molecule has 1 aromatic rings. The van der Waals surface area contributed by atoms with Gasteiger partial charge < -0.3 is 62.4 Å². The SMILES string of the molecule is NC(=O)CC[C@H]1NC(=O)[C@@H](CC(=O)O)NC(=O)[C@@H]2CCCN2C(=O)[C@@H](Cc2cnc[nH]2)NC(=O)[C@@H]2CCCN2C(=O)[C@@H](CCC(=O)O)NC(=O)[C@@H](CO)NC1=O. The number of nitrogens with one attached hydrogen (secondary N) is 6. The van der Waals surface area contributed by atoms with Gasteiger partial charge in [-0.05, 0) is 38.5 Å². The van der Waals surface area contributed by atoms with Crippen LogP contribution in [0.25, 0.3) is 0 Å². The molecule has 306 valence electrons. The number of fused-ring (bicyclic) bond motifs is 2. The van der Waals surface area contributed by atoms with Gasteiger partial charge in [-0.1, -0.05) is 0 Å². The van der Waals surface area contributed by atoms with E-state index in [9.17, 15) is 63.3 Å². The van der Waals surface area contributed by atoms with E-state index in [1.165, 1.54) is 17.4 Å². The van der Waals surface area contributed by atoms with Gasteiger partial charge in [0.05, 0.1) is 19.4 Å². The van der Waals surface area contributed by atoms with Crippen LogP contribution in [0.4, 0.5) is 0 Å². The number of imidazole rings is 1. The number of H-pyrrole nitrogens is 1. The molecule has 0 aliphatic carbocycles. The molecule has 7 atom stereocenters. The van der Waals surface area contributed by atoms with Crippen LogP contribution in [0.5, 0.6) is 0 Å². The number of hydrogen-bond acceptors (Lipinski definition) is 12. The van der Waals surface area contributed by atoms with Crippen LogP contribution in [-0.4, -0.2) is 156 Å². The number of carbonyl (C=O) groups excluding carboxylic acids is 8. The Labute approximate surface area is 318 Å². The molecule has 23 nitrogen and oxygen atoms in total. The van der Waals surface area contributed by atoms with Crippen LogP contribution < -0.4 is 32.3 Å². The summed E-state index contributed by atoms with van der Waals surface area (Å²) >= 11 is 0. The second-order valence-corrected chi connectivity index (χ2v) is 13.7. The molecular formula is C33H46N10O13. The summed E-state index contributed by atoms with van der Waals surface area (Å²) in [5.74, 6) is -10.5. The second kappa shape index (κ2) is 19.5. The monoisotopic (exact) mass is 790 g/mol. The van der Waals surface area contributed by atoms with Crippen molar-refractivity contribution in [2.45, 2.75) is 107 Å². The summed E-state index contributed by atoms with van der Waals surface area (Å²) in [6.07, 6.45) is 0.490. The third kappa shape index (κ3) is 11.2. The number of aliphatic hydroxyl groups is 1. The summed E-state index contributed by atoms with van der Waals surface area (Å²) in [5, 5.41) is 40.9. The first-order chi connectivity index (χ1) is 26.6. The lowest BCUT2D eigenvalue weighted by molar-refractivity contribution is -0.145. The summed E-state index contributed by atoms with van der Waals surface area (Å²) in [5.41, 5.74) is 5.68. The Morgan fingerprint density at radius 3 is 1.71 bits per heavy atom. The number of aromatic nitrogens is 2. The van der Waals surface area contributed by atoms with Crippen molar-refractivity contribution in [2.75, 3.05) is 19.7 Å². The smallest absolute Gasteiger partial charge is 0.305 e. The van der Waals surface area contributed by atoms with Crippen molar-refractivity contribution in [3.05, 3.63) is 18.2 Å². The van der Waals surface area contributed by atoms with E-state index in [2.05, 4.69) is 36.6 Å². The summed E-state index contributed by atoms with van der Waals surface area (Å²) in [4.78, 5) is 140. The average molecular weight is 791 g/mol. The molecule has 3 aliphatic rings. The Morgan fingerprint density at radius 1 is 0.679 bits per heavy atom. The molecule has 4 heterocycles. The van der Waals surface area contributed by atoms with Crippen LogP contribution in [0.15, 0.2) is 12.5 Å². The van der Waals surface area contributed by atoms with Gasteiger partial charge in [0.25, 0.3) is 0 Å². The van der Waals surface area contributed by atoms with Crippen molar-refractivity contribution in [3.63, 3.8) is 0 Å². The number of aromatic amines is 1. The maximum atomic E-state index is 14.2. The molecule has 0 aromatic carbocycles. The van der Waals surface area contributed by atoms with E-state index < -0.39 is 140 Å². The van der Waals surface area contributed by atoms with Crippen LogP contribution >= 0.6 is 0 Å². The van der Waals surface area contributed by atoms with Gasteiger partial charge in [0.2, 0.25) is 47.3 Å². The van der Waals surface area contributed by atoms with E-state index in [-0.39, 0.29) is 32.4 Å². The Kier molecular flexibility index (Phi) is 14.8. The zero-order chi connectivity index (χ0) is 41.1. The fraction of sp³-hybridized carbons (Fsp3) is 0.606. The van der Waals surface area contributed by atoms with Crippen LogP contribution in [-0.2, 0) is 54.4 Å². The number of primary amides is 1. The fourth-order valence-electron chi connectivity index (χ4n) is 6.83. The lowest BCUT2D eigenvalue weighted by Crippen LogP contribution is -2.60. The molecule has 4 rings (SSSR count). The van der Waals surface area contributed by atoms with Gasteiger partial charge in [-0.3, -0.25) is 47.9 Å². The van der Waals surface area contributed by atoms with Gasteiger partial charge in [0.1, 0.15) is 42.3 Å². The number of rotatable bonds is 11. The number of carbonyl (C=O) groups is 10. The quantitative estimate of drug-likeness (QED) is 0.100. The third-order valence-electron chi connectivity index (χ3n) is 9.67. The molecule has 56 heavy (non-hydrogen) atoms. The third-order valence-corrected chi connectivity index (χ3v) is 9.67. The summed E-state index contributed by atoms with van der Waals surface area (Å²) in [6.45, 7) is -1.00. The number of aliphatic carboxylic acids is 2. The first-order valence-electron chi connectivity index (χ1n) is 18.0. The van der Waals surface area contributed by atoms with Crippen molar-refractivity contribution in [1.29, 1.82) is 0 Å². The van der Waals surface area contributed by atoms with Gasteiger partial charge in [0.15, 0.2) is 0 Å². The molecule has 0 radical (unpaired) electrons. The van der Waals surface area contributed by atoms with Crippen molar-refractivity contribution in [2.24, 2.45) is 5.73 Å². The molecule has 0 unspecified atom stereocenters. The van der Waals surface area contributed by atoms with E-state index >= 15 is 0 Å². The highest BCUT2D eigenvalue weighted by molar-refractivity contribution is 5.99. The predicted molar refractivity (Wildman–Crippen MR) is 186 cm³/mol. The maximum Gasteiger partial charge on any atom is 0.305 e. The minimum Gasteiger partial charge on any atom is -0.481 e. The molecule has 0 bridgehead atoms. The Balaban J connectivity index is 1.76. The highest BCUT2D eigenvalue weighted by atomic mass is 16.4. The molecule has 23 heteroatoms. The Bertz CT molecular complexity index is 1690. The Hall–Kier alpha value is -6.13. The summed E-state index contributed by atoms with van der Waals surface area (Å²) < 4.78 is 0. The fourth-order valence-corrected chi connectivity index (χ4v) is 6.83. The van der Waals surface area contributed by atoms with Crippen LogP contribution in [0.2, 0.25) is 0 Å². The van der Waals surface area contributed by atoms with E-state index in [1.807, 2.05) is 0 Å². The number of nitrogens with two attached hydrogens (primary N) is 1. The van der Waals surface area contributed by atoms with E-state index in [0.717, 1.165) is 4.90 Å². The number of carboxylic acid groups (broad SMARTS) is 2. The minimum absolute atomic E-state index is 0.0167. The molecule has 3 aliphatic heterocycles. The van der Waals surface area contributed by atoms with E-state index in [1.54, 1.807) is 0 Å².